The first-order valence-electron chi connectivity index (χ1n) is 8.32. The summed E-state index contributed by atoms with van der Waals surface area (Å²) in [5, 5.41) is 0. The number of piperidine rings is 1. The summed E-state index contributed by atoms with van der Waals surface area (Å²) in [6.07, 6.45) is 4.81. The maximum Gasteiger partial charge on any atom is 0.323 e. The van der Waals surface area contributed by atoms with Gasteiger partial charge in [0.15, 0.2) is 0 Å². The molecular weight excluding hydrogens is 268 g/mol. The van der Waals surface area contributed by atoms with Crippen LogP contribution < -0.4 is 0 Å². The first-order chi connectivity index (χ1) is 10.1. The minimum atomic E-state index is -0.243. The zero-order chi connectivity index (χ0) is 15.7. The van der Waals surface area contributed by atoms with Crippen molar-refractivity contribution in [3.05, 3.63) is 0 Å². The average molecular weight is 298 g/mol. The Morgan fingerprint density at radius 3 is 2.38 bits per heavy atom. The molecule has 0 N–H and O–H groups in total. The number of ether oxygens (including phenoxy) is 1. The minimum Gasteiger partial charge on any atom is -0.465 e. The summed E-state index contributed by atoms with van der Waals surface area (Å²) in [4.78, 5) is 28.4. The first kappa shape index (κ1) is 18.0. The summed E-state index contributed by atoms with van der Waals surface area (Å²) in [5.41, 5.74) is 0. The van der Waals surface area contributed by atoms with Crippen molar-refractivity contribution in [1.82, 2.24) is 9.80 Å². The molecule has 1 saturated heterocycles. The molecule has 0 spiro atoms. The van der Waals surface area contributed by atoms with E-state index in [4.69, 9.17) is 4.74 Å². The summed E-state index contributed by atoms with van der Waals surface area (Å²) in [5.74, 6) is -0.0440. The normalized spacial score (nSPS) is 19.3. The van der Waals surface area contributed by atoms with Crippen LogP contribution in [0.1, 0.15) is 52.9 Å². The Morgan fingerprint density at radius 2 is 1.81 bits per heavy atom. The Bertz CT molecular complexity index is 327. The van der Waals surface area contributed by atoms with Crippen LogP contribution in [0.5, 0.6) is 0 Å². The number of nitrogens with zero attached hydrogens (tertiary/aromatic N) is 2. The monoisotopic (exact) mass is 298 g/mol. The van der Waals surface area contributed by atoms with E-state index in [-0.39, 0.29) is 17.9 Å². The highest BCUT2D eigenvalue weighted by Crippen LogP contribution is 2.18. The fourth-order valence-corrected chi connectivity index (χ4v) is 2.86. The molecule has 5 heteroatoms. The summed E-state index contributed by atoms with van der Waals surface area (Å²) in [6, 6.07) is -0.243. The quantitative estimate of drug-likeness (QED) is 0.644. The van der Waals surface area contributed by atoms with Gasteiger partial charge in [-0.1, -0.05) is 20.3 Å². The van der Waals surface area contributed by atoms with E-state index in [1.807, 2.05) is 16.7 Å². The smallest absolute Gasteiger partial charge is 0.323 e. The van der Waals surface area contributed by atoms with Crippen LogP contribution in [0, 0.1) is 0 Å². The second-order valence-corrected chi connectivity index (χ2v) is 5.61. The van der Waals surface area contributed by atoms with Gasteiger partial charge in [0, 0.05) is 13.1 Å². The molecule has 1 aliphatic rings. The van der Waals surface area contributed by atoms with Gasteiger partial charge in [0.2, 0.25) is 5.91 Å². The van der Waals surface area contributed by atoms with E-state index in [2.05, 4.69) is 13.8 Å². The molecule has 1 heterocycles. The topological polar surface area (TPSA) is 49.9 Å². The van der Waals surface area contributed by atoms with E-state index in [0.29, 0.717) is 13.2 Å². The van der Waals surface area contributed by atoms with Gasteiger partial charge in [-0.05, 0) is 39.2 Å². The van der Waals surface area contributed by atoms with Gasteiger partial charge >= 0.3 is 5.97 Å². The summed E-state index contributed by atoms with van der Waals surface area (Å²) in [7, 11) is 0. The van der Waals surface area contributed by atoms with Gasteiger partial charge in [-0.2, -0.15) is 0 Å². The molecule has 0 bridgehead atoms. The van der Waals surface area contributed by atoms with Crippen molar-refractivity contribution in [2.75, 3.05) is 32.8 Å². The Hall–Kier alpha value is -1.10. The maximum atomic E-state index is 12.4. The molecule has 0 aliphatic carbocycles. The molecule has 0 saturated carbocycles. The third kappa shape index (κ3) is 5.65. The van der Waals surface area contributed by atoms with Crippen LogP contribution in [0.25, 0.3) is 0 Å². The lowest BCUT2D eigenvalue weighted by molar-refractivity contribution is -0.152. The van der Waals surface area contributed by atoms with Crippen molar-refractivity contribution >= 4 is 11.9 Å². The van der Waals surface area contributed by atoms with Gasteiger partial charge in [0.1, 0.15) is 6.04 Å². The lowest BCUT2D eigenvalue weighted by Crippen LogP contribution is -2.50. The number of carbonyl (C=O) groups excluding carboxylic acids is 2. The largest absolute Gasteiger partial charge is 0.465 e. The molecule has 1 fully saturated rings. The molecule has 122 valence electrons. The predicted molar refractivity (Wildman–Crippen MR) is 83.0 cm³/mol. The molecule has 1 rings (SSSR count). The molecule has 0 aromatic carbocycles. The van der Waals surface area contributed by atoms with Crippen molar-refractivity contribution in [3.8, 4) is 0 Å². The number of amides is 1. The average Bonchev–Trinajstić information content (AvgIpc) is 2.47. The van der Waals surface area contributed by atoms with Gasteiger partial charge in [0.25, 0.3) is 0 Å². The number of carbonyl (C=O) groups is 2. The molecule has 0 aromatic rings. The van der Waals surface area contributed by atoms with Crippen molar-refractivity contribution in [2.45, 2.75) is 58.9 Å². The van der Waals surface area contributed by atoms with Gasteiger partial charge in [-0.15, -0.1) is 0 Å². The van der Waals surface area contributed by atoms with Crippen LogP contribution in [-0.4, -0.2) is 60.5 Å². The van der Waals surface area contributed by atoms with Crippen LogP contribution in [-0.2, 0) is 14.3 Å². The van der Waals surface area contributed by atoms with E-state index < -0.39 is 0 Å². The highest BCUT2D eigenvalue weighted by Gasteiger charge is 2.31. The molecule has 1 unspecified atom stereocenters. The fourth-order valence-electron chi connectivity index (χ4n) is 2.86. The van der Waals surface area contributed by atoms with E-state index in [1.165, 1.54) is 0 Å². The standard InChI is InChI=1S/C16H30N2O3/c1-4-10-17(11-5-2)15(19)13-18-12-8-7-9-14(18)16(20)21-6-3/h14H,4-13H2,1-3H3. The molecule has 21 heavy (non-hydrogen) atoms. The molecule has 0 aromatic heterocycles. The molecular formula is C16H30N2O3. The number of likely N-dealkylation sites (tertiary alicyclic amines) is 1. The third-order valence-electron chi connectivity index (χ3n) is 3.85. The Labute approximate surface area is 128 Å². The second-order valence-electron chi connectivity index (χ2n) is 5.61. The van der Waals surface area contributed by atoms with Crippen LogP contribution in [0.3, 0.4) is 0 Å². The number of esters is 1. The van der Waals surface area contributed by atoms with Crippen LogP contribution in [0.2, 0.25) is 0 Å². The molecule has 1 amide bonds. The van der Waals surface area contributed by atoms with Crippen LogP contribution in [0.15, 0.2) is 0 Å². The van der Waals surface area contributed by atoms with E-state index in [9.17, 15) is 9.59 Å². The van der Waals surface area contributed by atoms with Crippen molar-refractivity contribution in [3.63, 3.8) is 0 Å². The number of hydrogen-bond acceptors (Lipinski definition) is 4. The number of rotatable bonds is 8. The maximum absolute atomic E-state index is 12.4. The Balaban J connectivity index is 2.63. The molecule has 1 atom stereocenters. The van der Waals surface area contributed by atoms with Crippen molar-refractivity contribution < 1.29 is 14.3 Å². The summed E-state index contributed by atoms with van der Waals surface area (Å²) in [6.45, 7) is 9.12. The SMILES string of the molecule is CCCN(CCC)C(=O)CN1CCCCC1C(=O)OCC. The highest BCUT2D eigenvalue weighted by atomic mass is 16.5. The van der Waals surface area contributed by atoms with Crippen LogP contribution >= 0.6 is 0 Å². The molecule has 1 aliphatic heterocycles. The summed E-state index contributed by atoms with van der Waals surface area (Å²) >= 11 is 0. The minimum absolute atomic E-state index is 0.134. The highest BCUT2D eigenvalue weighted by molar-refractivity contribution is 5.80. The van der Waals surface area contributed by atoms with Gasteiger partial charge in [0.05, 0.1) is 13.2 Å². The third-order valence-corrected chi connectivity index (χ3v) is 3.85. The predicted octanol–water partition coefficient (Wildman–Crippen LogP) is 2.05. The van der Waals surface area contributed by atoms with Gasteiger partial charge in [-0.3, -0.25) is 14.5 Å². The number of hydrogen-bond donors (Lipinski definition) is 0. The molecule has 5 nitrogen and oxygen atoms in total. The first-order valence-corrected chi connectivity index (χ1v) is 8.32. The Kier molecular flexibility index (Phi) is 8.35. The lowest BCUT2D eigenvalue weighted by Gasteiger charge is -2.35. The zero-order valence-electron chi connectivity index (χ0n) is 13.8. The van der Waals surface area contributed by atoms with Crippen molar-refractivity contribution in [1.29, 1.82) is 0 Å². The van der Waals surface area contributed by atoms with Gasteiger partial charge in [-0.25, -0.2) is 0 Å². The van der Waals surface area contributed by atoms with Crippen LogP contribution in [0.4, 0.5) is 0 Å². The van der Waals surface area contributed by atoms with E-state index in [1.54, 1.807) is 0 Å². The summed E-state index contributed by atoms with van der Waals surface area (Å²) < 4.78 is 5.14. The Morgan fingerprint density at radius 1 is 1.14 bits per heavy atom. The second kappa shape index (κ2) is 9.77. The van der Waals surface area contributed by atoms with E-state index >= 15 is 0 Å². The van der Waals surface area contributed by atoms with E-state index in [0.717, 1.165) is 51.7 Å². The lowest BCUT2D eigenvalue weighted by atomic mass is 10.0. The fraction of sp³-hybridized carbons (Fsp3) is 0.875. The van der Waals surface area contributed by atoms with Crippen molar-refractivity contribution in [2.24, 2.45) is 0 Å². The molecule has 0 radical (unpaired) electrons. The zero-order valence-corrected chi connectivity index (χ0v) is 13.8. The van der Waals surface area contributed by atoms with Gasteiger partial charge < -0.3 is 9.64 Å².